The smallest absolute Gasteiger partial charge is 0.408 e. The van der Waals surface area contributed by atoms with E-state index < -0.39 is 17.7 Å². The Hall–Kier alpha value is -2.57. The molecule has 2 heterocycles. The van der Waals surface area contributed by atoms with Crippen molar-refractivity contribution in [3.63, 3.8) is 0 Å². The molecule has 0 aromatic heterocycles. The van der Waals surface area contributed by atoms with Crippen LogP contribution in [-0.4, -0.2) is 36.7 Å². The normalized spacial score (nSPS) is 24.4. The standard InChI is InChI=1S/C12H10N2O5/c1-14-8-4-6(9(15)16)2-3-7(8)12(10(14)17)5-13-11(18)19-12/h2-4H,5H2,1H3,(H,13,18)(H,15,16). The second-order valence-corrected chi connectivity index (χ2v) is 4.47. The van der Waals surface area contributed by atoms with Crippen molar-refractivity contribution >= 4 is 23.7 Å². The van der Waals surface area contributed by atoms with Crippen LogP contribution in [0, 0.1) is 0 Å². The third kappa shape index (κ3) is 1.35. The topological polar surface area (TPSA) is 95.9 Å². The maximum atomic E-state index is 12.3. The molecule has 1 atom stereocenters. The molecule has 1 spiro atoms. The highest BCUT2D eigenvalue weighted by Crippen LogP contribution is 2.43. The number of anilines is 1. The van der Waals surface area contributed by atoms with Crippen molar-refractivity contribution in [3.05, 3.63) is 29.3 Å². The number of hydrogen-bond acceptors (Lipinski definition) is 4. The van der Waals surface area contributed by atoms with Crippen molar-refractivity contribution in [1.82, 2.24) is 5.32 Å². The summed E-state index contributed by atoms with van der Waals surface area (Å²) in [6.07, 6.45) is -0.656. The third-order valence-electron chi connectivity index (χ3n) is 3.44. The van der Waals surface area contributed by atoms with E-state index in [1.54, 1.807) is 0 Å². The Morgan fingerprint density at radius 2 is 2.21 bits per heavy atom. The number of rotatable bonds is 1. The summed E-state index contributed by atoms with van der Waals surface area (Å²) >= 11 is 0. The number of ether oxygens (including phenoxy) is 1. The Balaban J connectivity index is 2.18. The number of carboxylic acid groups (broad SMARTS) is 1. The van der Waals surface area contributed by atoms with Crippen molar-refractivity contribution in [1.29, 1.82) is 0 Å². The zero-order chi connectivity index (χ0) is 13.8. The highest BCUT2D eigenvalue weighted by atomic mass is 16.6. The number of benzene rings is 1. The first-order valence-corrected chi connectivity index (χ1v) is 5.58. The molecular weight excluding hydrogens is 252 g/mol. The summed E-state index contributed by atoms with van der Waals surface area (Å²) in [5.41, 5.74) is -0.337. The Morgan fingerprint density at radius 1 is 1.47 bits per heavy atom. The molecule has 0 aliphatic carbocycles. The Kier molecular flexibility index (Phi) is 2.10. The van der Waals surface area contributed by atoms with E-state index in [0.29, 0.717) is 11.3 Å². The van der Waals surface area contributed by atoms with Crippen LogP contribution in [0.15, 0.2) is 18.2 Å². The molecule has 1 unspecified atom stereocenters. The van der Waals surface area contributed by atoms with E-state index in [1.807, 2.05) is 0 Å². The van der Waals surface area contributed by atoms with E-state index in [0.717, 1.165) is 0 Å². The van der Waals surface area contributed by atoms with Gasteiger partial charge in [-0.3, -0.25) is 4.79 Å². The summed E-state index contributed by atoms with van der Waals surface area (Å²) < 4.78 is 5.13. The minimum Gasteiger partial charge on any atom is -0.478 e. The van der Waals surface area contributed by atoms with Crippen molar-refractivity contribution in [2.24, 2.45) is 0 Å². The SMILES string of the molecule is CN1C(=O)C2(CNC(=O)O2)c2ccc(C(=O)O)cc21. The van der Waals surface area contributed by atoms with Crippen LogP contribution in [0.1, 0.15) is 15.9 Å². The van der Waals surface area contributed by atoms with Crippen LogP contribution in [0.5, 0.6) is 0 Å². The highest BCUT2D eigenvalue weighted by molar-refractivity contribution is 6.09. The summed E-state index contributed by atoms with van der Waals surface area (Å²) in [4.78, 5) is 35.8. The third-order valence-corrected chi connectivity index (χ3v) is 3.44. The fourth-order valence-electron chi connectivity index (χ4n) is 2.48. The summed E-state index contributed by atoms with van der Waals surface area (Å²) in [6.45, 7) is 0.0500. The molecule has 2 aliphatic heterocycles. The molecule has 3 rings (SSSR count). The van der Waals surface area contributed by atoms with Crippen molar-refractivity contribution < 1.29 is 24.2 Å². The zero-order valence-corrected chi connectivity index (χ0v) is 9.97. The molecule has 0 bridgehead atoms. The molecule has 7 heteroatoms. The van der Waals surface area contributed by atoms with Crippen LogP contribution in [0.25, 0.3) is 0 Å². The zero-order valence-electron chi connectivity index (χ0n) is 9.97. The van der Waals surface area contributed by atoms with E-state index in [1.165, 1.54) is 30.1 Å². The molecule has 98 valence electrons. The van der Waals surface area contributed by atoms with Gasteiger partial charge in [0.15, 0.2) is 0 Å². The van der Waals surface area contributed by atoms with Gasteiger partial charge in [0.05, 0.1) is 17.8 Å². The maximum absolute atomic E-state index is 12.3. The quantitative estimate of drug-likeness (QED) is 0.758. The van der Waals surface area contributed by atoms with Crippen LogP contribution in [-0.2, 0) is 15.1 Å². The largest absolute Gasteiger partial charge is 0.478 e. The lowest BCUT2D eigenvalue weighted by Crippen LogP contribution is -2.41. The van der Waals surface area contributed by atoms with E-state index in [-0.39, 0.29) is 18.0 Å². The van der Waals surface area contributed by atoms with Crippen LogP contribution < -0.4 is 10.2 Å². The summed E-state index contributed by atoms with van der Waals surface area (Å²) in [7, 11) is 1.52. The molecule has 1 fully saturated rings. The van der Waals surface area contributed by atoms with Crippen LogP contribution in [0.3, 0.4) is 0 Å². The number of carbonyl (C=O) groups excluding carboxylic acids is 2. The van der Waals surface area contributed by atoms with Gasteiger partial charge in [-0.2, -0.15) is 0 Å². The van der Waals surface area contributed by atoms with Gasteiger partial charge in [0, 0.05) is 12.6 Å². The first-order chi connectivity index (χ1) is 8.95. The number of nitrogens with zero attached hydrogens (tertiary/aromatic N) is 1. The first kappa shape index (κ1) is 11.5. The number of fused-ring (bicyclic) bond motifs is 2. The van der Waals surface area contributed by atoms with Gasteiger partial charge >= 0.3 is 12.1 Å². The van der Waals surface area contributed by atoms with E-state index in [9.17, 15) is 14.4 Å². The molecule has 19 heavy (non-hydrogen) atoms. The van der Waals surface area contributed by atoms with Gasteiger partial charge in [-0.15, -0.1) is 0 Å². The van der Waals surface area contributed by atoms with E-state index in [4.69, 9.17) is 9.84 Å². The van der Waals surface area contributed by atoms with Crippen molar-refractivity contribution in [2.45, 2.75) is 5.60 Å². The average molecular weight is 262 g/mol. The van der Waals surface area contributed by atoms with Crippen LogP contribution >= 0.6 is 0 Å². The van der Waals surface area contributed by atoms with Gasteiger partial charge in [0.2, 0.25) is 5.60 Å². The van der Waals surface area contributed by atoms with Gasteiger partial charge in [0.1, 0.15) is 0 Å². The number of amides is 2. The highest BCUT2D eigenvalue weighted by Gasteiger charge is 2.56. The first-order valence-electron chi connectivity index (χ1n) is 5.58. The maximum Gasteiger partial charge on any atom is 0.408 e. The monoisotopic (exact) mass is 262 g/mol. The number of alkyl carbamates (subject to hydrolysis) is 1. The van der Waals surface area contributed by atoms with Gasteiger partial charge in [-0.25, -0.2) is 9.59 Å². The summed E-state index contributed by atoms with van der Waals surface area (Å²) in [5.74, 6) is -1.46. The predicted octanol–water partition coefficient (Wildman–Crippen LogP) is 0.296. The minimum absolute atomic E-state index is 0.0500. The van der Waals surface area contributed by atoms with Crippen molar-refractivity contribution in [2.75, 3.05) is 18.5 Å². The summed E-state index contributed by atoms with van der Waals surface area (Å²) in [5, 5.41) is 11.4. The van der Waals surface area contributed by atoms with E-state index >= 15 is 0 Å². The fourth-order valence-corrected chi connectivity index (χ4v) is 2.48. The molecule has 2 N–H and O–H groups in total. The molecular formula is C12H10N2O5. The van der Waals surface area contributed by atoms with E-state index in [2.05, 4.69) is 5.32 Å². The molecule has 7 nitrogen and oxygen atoms in total. The number of hydrogen-bond donors (Lipinski definition) is 2. The molecule has 2 amide bonds. The van der Waals surface area contributed by atoms with Crippen LogP contribution in [0.2, 0.25) is 0 Å². The van der Waals surface area contributed by atoms with Crippen molar-refractivity contribution in [3.8, 4) is 0 Å². The fraction of sp³-hybridized carbons (Fsp3) is 0.250. The molecule has 2 aliphatic rings. The van der Waals surface area contributed by atoms with Crippen LogP contribution in [0.4, 0.5) is 10.5 Å². The second-order valence-electron chi connectivity index (χ2n) is 4.47. The lowest BCUT2D eigenvalue weighted by Gasteiger charge is -2.19. The molecule has 1 aromatic rings. The van der Waals surface area contributed by atoms with Gasteiger partial charge in [-0.05, 0) is 12.1 Å². The minimum atomic E-state index is -1.36. The number of likely N-dealkylation sites (N-methyl/N-ethyl adjacent to an activating group) is 1. The number of carboxylic acids is 1. The Labute approximate surface area is 107 Å². The summed E-state index contributed by atoms with van der Waals surface area (Å²) in [6, 6.07) is 4.30. The van der Waals surface area contributed by atoms with Gasteiger partial charge in [-0.1, -0.05) is 6.07 Å². The van der Waals surface area contributed by atoms with Gasteiger partial charge in [0.25, 0.3) is 5.91 Å². The average Bonchev–Trinajstić information content (AvgIpc) is 2.86. The molecule has 0 radical (unpaired) electrons. The molecule has 0 saturated carbocycles. The number of aromatic carboxylic acids is 1. The Bertz CT molecular complexity index is 627. The second kappa shape index (κ2) is 3.47. The molecule has 1 aromatic carbocycles. The number of nitrogens with one attached hydrogen (secondary N) is 1. The Morgan fingerprint density at radius 3 is 2.79 bits per heavy atom. The lowest BCUT2D eigenvalue weighted by molar-refractivity contribution is -0.132. The molecule has 1 saturated heterocycles. The predicted molar refractivity (Wildman–Crippen MR) is 63.0 cm³/mol. The number of carbonyl (C=O) groups is 3. The van der Waals surface area contributed by atoms with Gasteiger partial charge < -0.3 is 20.1 Å². The lowest BCUT2D eigenvalue weighted by atomic mass is 9.95.